The zero-order valence-electron chi connectivity index (χ0n) is 9.01. The lowest BCUT2D eigenvalue weighted by molar-refractivity contribution is -0.121. The van der Waals surface area contributed by atoms with Gasteiger partial charge in [0.25, 0.3) is 0 Å². The summed E-state index contributed by atoms with van der Waals surface area (Å²) in [6, 6.07) is 0. The van der Waals surface area contributed by atoms with Gasteiger partial charge in [0, 0.05) is 13.0 Å². The molecule has 4 heteroatoms. The van der Waals surface area contributed by atoms with Crippen molar-refractivity contribution in [3.8, 4) is 0 Å². The molecule has 0 bridgehead atoms. The molecule has 0 rings (SSSR count). The fourth-order valence-electron chi connectivity index (χ4n) is 1.02. The smallest absolute Gasteiger partial charge is 0.220 e. The van der Waals surface area contributed by atoms with Crippen LogP contribution >= 0.6 is 12.2 Å². The highest BCUT2D eigenvalue weighted by atomic mass is 32.1. The molecule has 0 aliphatic heterocycles. The van der Waals surface area contributed by atoms with Gasteiger partial charge >= 0.3 is 0 Å². The SMILES string of the molecule is CCC(C)CC(=O)NCCCC(N)=S. The summed E-state index contributed by atoms with van der Waals surface area (Å²) in [7, 11) is 0. The maximum Gasteiger partial charge on any atom is 0.220 e. The first-order chi connectivity index (χ1) is 6.56. The van der Waals surface area contributed by atoms with Gasteiger partial charge in [0.2, 0.25) is 5.91 Å². The fourth-order valence-corrected chi connectivity index (χ4v) is 1.17. The molecular weight excluding hydrogens is 196 g/mol. The van der Waals surface area contributed by atoms with E-state index in [-0.39, 0.29) is 5.91 Å². The number of carbonyl (C=O) groups excluding carboxylic acids is 1. The minimum atomic E-state index is 0.127. The molecule has 0 radical (unpaired) electrons. The third-order valence-electron chi connectivity index (χ3n) is 2.15. The first kappa shape index (κ1) is 13.4. The lowest BCUT2D eigenvalue weighted by atomic mass is 10.1. The largest absolute Gasteiger partial charge is 0.393 e. The van der Waals surface area contributed by atoms with Gasteiger partial charge in [-0.3, -0.25) is 4.79 Å². The summed E-state index contributed by atoms with van der Waals surface area (Å²) in [4.78, 5) is 11.8. The monoisotopic (exact) mass is 216 g/mol. The zero-order valence-corrected chi connectivity index (χ0v) is 9.82. The van der Waals surface area contributed by atoms with Crippen LogP contribution in [-0.4, -0.2) is 17.4 Å². The molecule has 0 aromatic rings. The molecule has 0 heterocycles. The van der Waals surface area contributed by atoms with Crippen LogP contribution in [0.15, 0.2) is 0 Å². The summed E-state index contributed by atoms with van der Waals surface area (Å²) in [5.74, 6) is 0.591. The van der Waals surface area contributed by atoms with E-state index in [1.165, 1.54) is 0 Å². The lowest BCUT2D eigenvalue weighted by Gasteiger charge is -2.08. The zero-order chi connectivity index (χ0) is 11.0. The molecule has 0 saturated heterocycles. The average Bonchev–Trinajstić information content (AvgIpc) is 2.12. The van der Waals surface area contributed by atoms with Crippen molar-refractivity contribution in [1.82, 2.24) is 5.32 Å². The first-order valence-corrected chi connectivity index (χ1v) is 5.52. The maximum absolute atomic E-state index is 11.3. The van der Waals surface area contributed by atoms with Crippen LogP contribution < -0.4 is 11.1 Å². The Bertz CT molecular complexity index is 195. The second-order valence-corrected chi connectivity index (χ2v) is 4.16. The average molecular weight is 216 g/mol. The fraction of sp³-hybridized carbons (Fsp3) is 0.800. The van der Waals surface area contributed by atoms with Crippen molar-refractivity contribution < 1.29 is 4.79 Å². The Kier molecular flexibility index (Phi) is 7.38. The number of thiocarbonyl (C=S) groups is 1. The summed E-state index contributed by atoms with van der Waals surface area (Å²) in [6.45, 7) is 4.84. The van der Waals surface area contributed by atoms with E-state index in [4.69, 9.17) is 18.0 Å². The van der Waals surface area contributed by atoms with Crippen molar-refractivity contribution in [2.45, 2.75) is 39.5 Å². The Balaban J connectivity index is 3.40. The number of amides is 1. The van der Waals surface area contributed by atoms with Gasteiger partial charge in [0.15, 0.2) is 0 Å². The molecule has 0 fully saturated rings. The molecular formula is C10H20N2OS. The number of nitrogens with one attached hydrogen (secondary N) is 1. The molecule has 0 aliphatic carbocycles. The standard InChI is InChI=1S/C10H20N2OS/c1-3-8(2)7-10(13)12-6-4-5-9(11)14/h8H,3-7H2,1-2H3,(H2,11,14)(H,12,13). The summed E-state index contributed by atoms with van der Waals surface area (Å²) in [5.41, 5.74) is 5.33. The number of rotatable bonds is 7. The van der Waals surface area contributed by atoms with Crippen LogP contribution in [0, 0.1) is 5.92 Å². The predicted molar refractivity (Wildman–Crippen MR) is 63.1 cm³/mol. The molecule has 0 aromatic heterocycles. The van der Waals surface area contributed by atoms with Crippen molar-refractivity contribution in [1.29, 1.82) is 0 Å². The van der Waals surface area contributed by atoms with Gasteiger partial charge in [0.1, 0.15) is 0 Å². The second-order valence-electron chi connectivity index (χ2n) is 3.64. The van der Waals surface area contributed by atoms with Gasteiger partial charge in [-0.05, 0) is 18.8 Å². The molecule has 3 N–H and O–H groups in total. The van der Waals surface area contributed by atoms with E-state index in [1.54, 1.807) is 0 Å². The van der Waals surface area contributed by atoms with E-state index in [0.717, 1.165) is 12.8 Å². The first-order valence-electron chi connectivity index (χ1n) is 5.11. The highest BCUT2D eigenvalue weighted by molar-refractivity contribution is 7.80. The highest BCUT2D eigenvalue weighted by Gasteiger charge is 2.05. The topological polar surface area (TPSA) is 55.1 Å². The van der Waals surface area contributed by atoms with Gasteiger partial charge in [-0.2, -0.15) is 0 Å². The van der Waals surface area contributed by atoms with Crippen molar-refractivity contribution in [3.05, 3.63) is 0 Å². The van der Waals surface area contributed by atoms with Crippen LogP contribution in [0.3, 0.4) is 0 Å². The van der Waals surface area contributed by atoms with Gasteiger partial charge in [-0.1, -0.05) is 32.5 Å². The third-order valence-corrected chi connectivity index (χ3v) is 2.36. The molecule has 82 valence electrons. The van der Waals surface area contributed by atoms with Crippen molar-refractivity contribution in [2.24, 2.45) is 11.7 Å². The minimum Gasteiger partial charge on any atom is -0.393 e. The van der Waals surface area contributed by atoms with E-state index in [9.17, 15) is 4.79 Å². The number of hydrogen-bond donors (Lipinski definition) is 2. The molecule has 1 atom stereocenters. The second kappa shape index (κ2) is 7.74. The van der Waals surface area contributed by atoms with Crippen LogP contribution in [0.1, 0.15) is 39.5 Å². The normalized spacial score (nSPS) is 12.1. The van der Waals surface area contributed by atoms with Gasteiger partial charge < -0.3 is 11.1 Å². The number of nitrogens with two attached hydrogens (primary N) is 1. The quantitative estimate of drug-likeness (QED) is 0.502. The van der Waals surface area contributed by atoms with Crippen molar-refractivity contribution in [3.63, 3.8) is 0 Å². The number of hydrogen-bond acceptors (Lipinski definition) is 2. The molecule has 0 spiro atoms. The molecule has 1 unspecified atom stereocenters. The number of carbonyl (C=O) groups is 1. The van der Waals surface area contributed by atoms with Crippen LogP contribution in [0.5, 0.6) is 0 Å². The van der Waals surface area contributed by atoms with E-state index in [2.05, 4.69) is 19.2 Å². The van der Waals surface area contributed by atoms with E-state index in [1.807, 2.05) is 0 Å². The minimum absolute atomic E-state index is 0.127. The van der Waals surface area contributed by atoms with Crippen LogP contribution in [0.2, 0.25) is 0 Å². The van der Waals surface area contributed by atoms with Gasteiger partial charge in [-0.25, -0.2) is 0 Å². The van der Waals surface area contributed by atoms with Crippen LogP contribution in [0.4, 0.5) is 0 Å². The van der Waals surface area contributed by atoms with Crippen LogP contribution in [-0.2, 0) is 4.79 Å². The molecule has 0 aliphatic rings. The van der Waals surface area contributed by atoms with Gasteiger partial charge in [-0.15, -0.1) is 0 Å². The van der Waals surface area contributed by atoms with Crippen molar-refractivity contribution in [2.75, 3.05) is 6.54 Å². The Hall–Kier alpha value is -0.640. The molecule has 1 amide bonds. The van der Waals surface area contributed by atoms with Gasteiger partial charge in [0.05, 0.1) is 4.99 Å². The Labute approximate surface area is 91.4 Å². The van der Waals surface area contributed by atoms with E-state index < -0.39 is 0 Å². The summed E-state index contributed by atoms with van der Waals surface area (Å²) in [6.07, 6.45) is 3.20. The third kappa shape index (κ3) is 7.98. The van der Waals surface area contributed by atoms with Crippen LogP contribution in [0.25, 0.3) is 0 Å². The van der Waals surface area contributed by atoms with E-state index >= 15 is 0 Å². The molecule has 0 saturated carbocycles. The molecule has 14 heavy (non-hydrogen) atoms. The Morgan fingerprint density at radius 3 is 2.71 bits per heavy atom. The maximum atomic E-state index is 11.3. The molecule has 3 nitrogen and oxygen atoms in total. The van der Waals surface area contributed by atoms with Crippen molar-refractivity contribution >= 4 is 23.1 Å². The molecule has 0 aromatic carbocycles. The summed E-state index contributed by atoms with van der Waals surface area (Å²) < 4.78 is 0. The Morgan fingerprint density at radius 1 is 1.57 bits per heavy atom. The summed E-state index contributed by atoms with van der Waals surface area (Å²) >= 11 is 4.73. The Morgan fingerprint density at radius 2 is 2.21 bits per heavy atom. The lowest BCUT2D eigenvalue weighted by Crippen LogP contribution is -2.26. The van der Waals surface area contributed by atoms with E-state index in [0.29, 0.717) is 30.3 Å². The summed E-state index contributed by atoms with van der Waals surface area (Å²) in [5, 5.41) is 2.85. The highest BCUT2D eigenvalue weighted by Crippen LogP contribution is 2.05. The predicted octanol–water partition coefficient (Wildman–Crippen LogP) is 1.61.